The van der Waals surface area contributed by atoms with Gasteiger partial charge in [-0.3, -0.25) is 10.1 Å². The van der Waals surface area contributed by atoms with E-state index in [2.05, 4.69) is 15.2 Å². The molecule has 0 saturated heterocycles. The lowest BCUT2D eigenvalue weighted by Crippen LogP contribution is -2.05. The van der Waals surface area contributed by atoms with E-state index in [1.807, 2.05) is 32.0 Å². The van der Waals surface area contributed by atoms with Gasteiger partial charge in [0.1, 0.15) is 11.9 Å². The Kier molecular flexibility index (Phi) is 3.74. The van der Waals surface area contributed by atoms with Gasteiger partial charge >= 0.3 is 0 Å². The van der Waals surface area contributed by atoms with Crippen LogP contribution in [0.3, 0.4) is 0 Å². The zero-order chi connectivity index (χ0) is 15.0. The molecular formula is C15H13Cl2N3O. The highest BCUT2D eigenvalue weighted by Gasteiger charge is 2.16. The molecule has 3 aromatic rings. The number of aromatic nitrogens is 3. The van der Waals surface area contributed by atoms with E-state index in [1.54, 1.807) is 12.4 Å². The van der Waals surface area contributed by atoms with E-state index in [0.717, 1.165) is 27.9 Å². The van der Waals surface area contributed by atoms with E-state index >= 15 is 0 Å². The Morgan fingerprint density at radius 2 is 1.90 bits per heavy atom. The maximum atomic E-state index is 6.15. The van der Waals surface area contributed by atoms with Crippen molar-refractivity contribution >= 4 is 34.1 Å². The van der Waals surface area contributed by atoms with E-state index < -0.39 is 0 Å². The number of benzene rings is 1. The summed E-state index contributed by atoms with van der Waals surface area (Å²) in [4.78, 5) is 3.95. The van der Waals surface area contributed by atoms with Gasteiger partial charge in [-0.15, -0.1) is 0 Å². The molecule has 0 spiro atoms. The molecule has 2 aromatic heterocycles. The number of rotatable bonds is 3. The van der Waals surface area contributed by atoms with Crippen LogP contribution in [0.15, 0.2) is 30.6 Å². The van der Waals surface area contributed by atoms with Gasteiger partial charge in [-0.05, 0) is 32.0 Å². The molecule has 0 fully saturated rings. The lowest BCUT2D eigenvalue weighted by atomic mass is 10.1. The van der Waals surface area contributed by atoms with Crippen LogP contribution in [-0.2, 0) is 0 Å². The number of ether oxygens (including phenoxy) is 1. The number of pyridine rings is 1. The van der Waals surface area contributed by atoms with Crippen molar-refractivity contribution in [2.24, 2.45) is 0 Å². The van der Waals surface area contributed by atoms with Gasteiger partial charge in [-0.2, -0.15) is 5.10 Å². The van der Waals surface area contributed by atoms with Gasteiger partial charge in [-0.25, -0.2) is 0 Å². The van der Waals surface area contributed by atoms with Crippen molar-refractivity contribution in [1.29, 1.82) is 0 Å². The molecule has 0 aliphatic heterocycles. The third kappa shape index (κ3) is 2.69. The van der Waals surface area contributed by atoms with Crippen LogP contribution in [0.25, 0.3) is 10.9 Å². The smallest absolute Gasteiger partial charge is 0.124 e. The number of nitrogens with zero attached hydrogens (tertiary/aromatic N) is 2. The molecule has 108 valence electrons. The molecule has 0 saturated carbocycles. The number of aryl methyl sites for hydroxylation is 1. The summed E-state index contributed by atoms with van der Waals surface area (Å²) in [7, 11) is 0. The summed E-state index contributed by atoms with van der Waals surface area (Å²) in [5, 5.41) is 9.17. The van der Waals surface area contributed by atoms with Gasteiger partial charge in [-0.1, -0.05) is 23.2 Å². The van der Waals surface area contributed by atoms with Crippen LogP contribution in [0.1, 0.15) is 24.3 Å². The molecule has 1 N–H and O–H groups in total. The van der Waals surface area contributed by atoms with Gasteiger partial charge in [0.15, 0.2) is 0 Å². The van der Waals surface area contributed by atoms with Crippen LogP contribution in [0.2, 0.25) is 10.0 Å². The first-order chi connectivity index (χ1) is 10.1. The summed E-state index contributed by atoms with van der Waals surface area (Å²) >= 11 is 12.3. The summed E-state index contributed by atoms with van der Waals surface area (Å²) < 4.78 is 5.96. The Morgan fingerprint density at radius 1 is 1.19 bits per heavy atom. The van der Waals surface area contributed by atoms with Crippen molar-refractivity contribution in [3.05, 3.63) is 51.9 Å². The summed E-state index contributed by atoms with van der Waals surface area (Å²) in [5.74, 6) is 0.739. The van der Waals surface area contributed by atoms with Crippen LogP contribution in [-0.4, -0.2) is 15.2 Å². The van der Waals surface area contributed by atoms with Gasteiger partial charge in [0.25, 0.3) is 0 Å². The van der Waals surface area contributed by atoms with Gasteiger partial charge in [0.2, 0.25) is 0 Å². The maximum Gasteiger partial charge on any atom is 0.124 e. The van der Waals surface area contributed by atoms with Crippen LogP contribution in [0.4, 0.5) is 0 Å². The summed E-state index contributed by atoms with van der Waals surface area (Å²) in [6, 6.07) is 5.74. The Hall–Kier alpha value is -1.78. The molecule has 21 heavy (non-hydrogen) atoms. The van der Waals surface area contributed by atoms with Crippen molar-refractivity contribution in [2.75, 3.05) is 0 Å². The zero-order valence-corrected chi connectivity index (χ0v) is 13.0. The number of fused-ring (bicyclic) bond motifs is 1. The molecule has 1 unspecified atom stereocenters. The van der Waals surface area contributed by atoms with Crippen LogP contribution < -0.4 is 4.74 Å². The Labute approximate surface area is 132 Å². The highest BCUT2D eigenvalue weighted by Crippen LogP contribution is 2.33. The quantitative estimate of drug-likeness (QED) is 0.759. The molecule has 0 aliphatic carbocycles. The number of nitrogens with one attached hydrogen (secondary N) is 1. The van der Waals surface area contributed by atoms with Crippen molar-refractivity contribution < 1.29 is 4.74 Å². The minimum absolute atomic E-state index is 0.280. The van der Waals surface area contributed by atoms with Crippen molar-refractivity contribution in [1.82, 2.24) is 15.2 Å². The highest BCUT2D eigenvalue weighted by atomic mass is 35.5. The topological polar surface area (TPSA) is 50.8 Å². The predicted octanol–water partition coefficient (Wildman–Crippen LogP) is 4.71. The maximum absolute atomic E-state index is 6.15. The third-order valence-corrected chi connectivity index (χ3v) is 3.93. The summed E-state index contributed by atoms with van der Waals surface area (Å²) in [5.41, 5.74) is 2.65. The van der Waals surface area contributed by atoms with E-state index in [0.29, 0.717) is 10.0 Å². The van der Waals surface area contributed by atoms with Gasteiger partial charge in [0.05, 0.1) is 15.6 Å². The average molecular weight is 322 g/mol. The standard InChI is InChI=1S/C15H13Cl2N3O/c1-8-11-5-10(3-4-14(11)20-19-8)21-9(2)15-12(16)6-18-7-13(15)17/h3-7,9H,1-2H3,(H,19,20). The SMILES string of the molecule is Cc1[nH]nc2ccc(OC(C)c3c(Cl)cncc3Cl)cc12. The minimum Gasteiger partial charge on any atom is -0.486 e. The number of hydrogen-bond acceptors (Lipinski definition) is 3. The molecule has 4 nitrogen and oxygen atoms in total. The molecule has 6 heteroatoms. The Bertz CT molecular complexity index is 780. The fraction of sp³-hybridized carbons (Fsp3) is 0.200. The number of aromatic amines is 1. The molecule has 0 amide bonds. The van der Waals surface area contributed by atoms with E-state index in [-0.39, 0.29) is 6.10 Å². The molecule has 2 heterocycles. The predicted molar refractivity (Wildman–Crippen MR) is 84.1 cm³/mol. The second-order valence-electron chi connectivity index (χ2n) is 4.80. The second-order valence-corrected chi connectivity index (χ2v) is 5.62. The van der Waals surface area contributed by atoms with Crippen LogP contribution in [0.5, 0.6) is 5.75 Å². The number of halogens is 2. The summed E-state index contributed by atoms with van der Waals surface area (Å²) in [6.07, 6.45) is 2.84. The number of H-pyrrole nitrogens is 1. The highest BCUT2D eigenvalue weighted by molar-refractivity contribution is 6.35. The largest absolute Gasteiger partial charge is 0.486 e. The van der Waals surface area contributed by atoms with Crippen LogP contribution >= 0.6 is 23.2 Å². The lowest BCUT2D eigenvalue weighted by Gasteiger charge is -2.17. The van der Waals surface area contributed by atoms with E-state index in [1.165, 1.54) is 0 Å². The van der Waals surface area contributed by atoms with Gasteiger partial charge in [0, 0.05) is 29.0 Å². The zero-order valence-electron chi connectivity index (χ0n) is 11.5. The Balaban J connectivity index is 1.92. The first-order valence-corrected chi connectivity index (χ1v) is 7.22. The molecule has 1 aromatic carbocycles. The van der Waals surface area contributed by atoms with E-state index in [4.69, 9.17) is 27.9 Å². The average Bonchev–Trinajstić information content (AvgIpc) is 2.80. The third-order valence-electron chi connectivity index (χ3n) is 3.33. The second kappa shape index (κ2) is 5.54. The monoisotopic (exact) mass is 321 g/mol. The van der Waals surface area contributed by atoms with E-state index in [9.17, 15) is 0 Å². The molecule has 0 aliphatic rings. The molecule has 0 radical (unpaired) electrons. The molecule has 3 rings (SSSR count). The first kappa shape index (κ1) is 14.2. The van der Waals surface area contributed by atoms with Crippen molar-refractivity contribution in [3.63, 3.8) is 0 Å². The normalized spacial score (nSPS) is 12.6. The van der Waals surface area contributed by atoms with Crippen LogP contribution in [0, 0.1) is 6.92 Å². The molecule has 0 bridgehead atoms. The number of hydrogen-bond donors (Lipinski definition) is 1. The van der Waals surface area contributed by atoms with Gasteiger partial charge < -0.3 is 4.74 Å². The lowest BCUT2D eigenvalue weighted by molar-refractivity contribution is 0.227. The van der Waals surface area contributed by atoms with Crippen molar-refractivity contribution in [3.8, 4) is 5.75 Å². The fourth-order valence-corrected chi connectivity index (χ4v) is 2.94. The molecular weight excluding hydrogens is 309 g/mol. The molecule has 1 atom stereocenters. The first-order valence-electron chi connectivity index (χ1n) is 6.46. The fourth-order valence-electron chi connectivity index (χ4n) is 2.26. The van der Waals surface area contributed by atoms with Crippen molar-refractivity contribution in [2.45, 2.75) is 20.0 Å². The minimum atomic E-state index is -0.280. The summed E-state index contributed by atoms with van der Waals surface area (Å²) in [6.45, 7) is 3.87. The Morgan fingerprint density at radius 3 is 2.62 bits per heavy atom.